The Morgan fingerprint density at radius 2 is 2.06 bits per heavy atom. The van der Waals surface area contributed by atoms with Crippen molar-refractivity contribution in [2.45, 2.75) is 38.1 Å². The highest BCUT2D eigenvalue weighted by Gasteiger charge is 2.24. The van der Waals surface area contributed by atoms with E-state index in [2.05, 4.69) is 11.4 Å². The van der Waals surface area contributed by atoms with Crippen LogP contribution < -0.4 is 5.32 Å². The van der Waals surface area contributed by atoms with E-state index in [4.69, 9.17) is 5.26 Å². The van der Waals surface area contributed by atoms with E-state index in [-0.39, 0.29) is 11.9 Å². The highest BCUT2D eigenvalue weighted by Crippen LogP contribution is 2.26. The maximum Gasteiger partial charge on any atom is 0.235 e. The molecule has 1 saturated carbocycles. The number of rotatable bonds is 4. The zero-order valence-corrected chi connectivity index (χ0v) is 10.2. The quantitative estimate of drug-likeness (QED) is 0.777. The molecule has 16 heavy (non-hydrogen) atoms. The molecule has 4 nitrogen and oxygen atoms in total. The summed E-state index contributed by atoms with van der Waals surface area (Å²) in [6, 6.07) is 1.93. The third-order valence-electron chi connectivity index (χ3n) is 3.04. The molecule has 1 N–H and O–H groups in total. The van der Waals surface area contributed by atoms with Crippen molar-refractivity contribution in [2.24, 2.45) is 5.92 Å². The second-order valence-corrected chi connectivity index (χ2v) is 4.81. The number of hydrogen-bond donors (Lipinski definition) is 1. The lowest BCUT2D eigenvalue weighted by Gasteiger charge is -2.26. The van der Waals surface area contributed by atoms with E-state index in [0.29, 0.717) is 12.5 Å². The van der Waals surface area contributed by atoms with Gasteiger partial charge in [0.2, 0.25) is 5.91 Å². The van der Waals surface area contributed by atoms with Crippen LogP contribution in [0, 0.1) is 17.2 Å². The van der Waals surface area contributed by atoms with E-state index in [1.165, 1.54) is 19.3 Å². The monoisotopic (exact) mass is 223 g/mol. The molecule has 0 aliphatic heterocycles. The van der Waals surface area contributed by atoms with E-state index >= 15 is 0 Å². The molecule has 1 aliphatic rings. The zero-order chi connectivity index (χ0) is 12.0. The lowest BCUT2D eigenvalue weighted by Crippen LogP contribution is -2.43. The molecule has 1 rings (SSSR count). The molecule has 1 atom stereocenters. The zero-order valence-electron chi connectivity index (χ0n) is 10.2. The molecule has 1 unspecified atom stereocenters. The third-order valence-corrected chi connectivity index (χ3v) is 3.04. The first kappa shape index (κ1) is 13.0. The predicted octanol–water partition coefficient (Wildman–Crippen LogP) is 1.14. The molecular formula is C12H21N3O. The Morgan fingerprint density at radius 1 is 1.44 bits per heavy atom. The van der Waals surface area contributed by atoms with Gasteiger partial charge in [-0.3, -0.25) is 4.79 Å². The van der Waals surface area contributed by atoms with Crippen LogP contribution in [-0.2, 0) is 4.79 Å². The van der Waals surface area contributed by atoms with Crippen LogP contribution in [0.1, 0.15) is 32.1 Å². The summed E-state index contributed by atoms with van der Waals surface area (Å²) < 4.78 is 0. The van der Waals surface area contributed by atoms with E-state index in [1.807, 2.05) is 19.0 Å². The number of amides is 1. The van der Waals surface area contributed by atoms with Gasteiger partial charge in [0.05, 0.1) is 12.6 Å². The summed E-state index contributed by atoms with van der Waals surface area (Å²) in [5.41, 5.74) is 0. The number of hydrogen-bond acceptors (Lipinski definition) is 3. The van der Waals surface area contributed by atoms with Crippen LogP contribution in [0.15, 0.2) is 0 Å². The van der Waals surface area contributed by atoms with Crippen LogP contribution in [0.25, 0.3) is 0 Å². The molecule has 0 aromatic carbocycles. The normalized spacial score (nSPS) is 19.1. The van der Waals surface area contributed by atoms with Crippen LogP contribution in [0.4, 0.5) is 0 Å². The van der Waals surface area contributed by atoms with E-state index < -0.39 is 0 Å². The van der Waals surface area contributed by atoms with Crippen molar-refractivity contribution in [2.75, 3.05) is 20.6 Å². The van der Waals surface area contributed by atoms with Gasteiger partial charge in [-0.15, -0.1) is 0 Å². The fraction of sp³-hybridized carbons (Fsp3) is 0.833. The first-order valence-electron chi connectivity index (χ1n) is 5.97. The summed E-state index contributed by atoms with van der Waals surface area (Å²) >= 11 is 0. The molecule has 1 aliphatic carbocycles. The SMILES string of the molecule is CN(C)CC(=O)NC(C#N)C1CCCCC1. The van der Waals surface area contributed by atoms with Gasteiger partial charge in [0, 0.05) is 0 Å². The van der Waals surface area contributed by atoms with Gasteiger partial charge in [-0.2, -0.15) is 5.26 Å². The summed E-state index contributed by atoms with van der Waals surface area (Å²) in [5, 5.41) is 11.9. The lowest BCUT2D eigenvalue weighted by atomic mass is 9.84. The van der Waals surface area contributed by atoms with Gasteiger partial charge >= 0.3 is 0 Å². The van der Waals surface area contributed by atoms with Crippen molar-refractivity contribution < 1.29 is 4.79 Å². The molecule has 0 spiro atoms. The number of nitriles is 1. The van der Waals surface area contributed by atoms with Gasteiger partial charge in [0.15, 0.2) is 0 Å². The predicted molar refractivity (Wildman–Crippen MR) is 62.7 cm³/mol. The number of carbonyl (C=O) groups excluding carboxylic acids is 1. The fourth-order valence-electron chi connectivity index (χ4n) is 2.23. The Morgan fingerprint density at radius 3 is 2.56 bits per heavy atom. The summed E-state index contributed by atoms with van der Waals surface area (Å²) in [6.45, 7) is 0.352. The Hall–Kier alpha value is -1.08. The Labute approximate surface area is 97.6 Å². The first-order chi connectivity index (χ1) is 7.63. The van der Waals surface area contributed by atoms with Gasteiger partial charge in [-0.05, 0) is 32.9 Å². The molecule has 0 aromatic rings. The Bertz CT molecular complexity index is 264. The van der Waals surface area contributed by atoms with Crippen molar-refractivity contribution in [3.63, 3.8) is 0 Å². The van der Waals surface area contributed by atoms with Crippen molar-refractivity contribution in [3.05, 3.63) is 0 Å². The average Bonchev–Trinajstić information content (AvgIpc) is 2.26. The molecule has 0 heterocycles. The van der Waals surface area contributed by atoms with E-state index in [1.54, 1.807) is 0 Å². The standard InChI is InChI=1S/C12H21N3O/c1-15(2)9-12(16)14-11(8-13)10-6-4-3-5-7-10/h10-11H,3-7,9H2,1-2H3,(H,14,16). The summed E-state index contributed by atoms with van der Waals surface area (Å²) in [7, 11) is 3.70. The van der Waals surface area contributed by atoms with Gasteiger partial charge in [-0.25, -0.2) is 0 Å². The van der Waals surface area contributed by atoms with Gasteiger partial charge in [0.1, 0.15) is 6.04 Å². The molecular weight excluding hydrogens is 202 g/mol. The van der Waals surface area contributed by atoms with Crippen LogP contribution in [0.2, 0.25) is 0 Å². The molecule has 90 valence electrons. The van der Waals surface area contributed by atoms with Crippen LogP contribution in [-0.4, -0.2) is 37.5 Å². The van der Waals surface area contributed by atoms with Crippen molar-refractivity contribution in [3.8, 4) is 6.07 Å². The summed E-state index contributed by atoms with van der Waals surface area (Å²) in [5.74, 6) is 0.298. The topological polar surface area (TPSA) is 56.1 Å². The van der Waals surface area contributed by atoms with E-state index in [9.17, 15) is 4.79 Å². The molecule has 1 fully saturated rings. The Balaban J connectivity index is 2.42. The highest BCUT2D eigenvalue weighted by molar-refractivity contribution is 5.78. The number of carbonyl (C=O) groups is 1. The average molecular weight is 223 g/mol. The molecule has 0 aromatic heterocycles. The lowest BCUT2D eigenvalue weighted by molar-refractivity contribution is -0.122. The van der Waals surface area contributed by atoms with E-state index in [0.717, 1.165) is 12.8 Å². The fourth-order valence-corrected chi connectivity index (χ4v) is 2.23. The minimum atomic E-state index is -0.298. The van der Waals surface area contributed by atoms with Gasteiger partial charge < -0.3 is 10.2 Å². The minimum Gasteiger partial charge on any atom is -0.339 e. The van der Waals surface area contributed by atoms with Gasteiger partial charge in [-0.1, -0.05) is 19.3 Å². The van der Waals surface area contributed by atoms with Crippen molar-refractivity contribution >= 4 is 5.91 Å². The van der Waals surface area contributed by atoms with Crippen LogP contribution >= 0.6 is 0 Å². The molecule has 0 saturated heterocycles. The van der Waals surface area contributed by atoms with Crippen molar-refractivity contribution in [1.29, 1.82) is 5.26 Å². The molecule has 1 amide bonds. The number of nitrogens with zero attached hydrogens (tertiary/aromatic N) is 2. The second kappa shape index (κ2) is 6.49. The third kappa shape index (κ3) is 4.19. The highest BCUT2D eigenvalue weighted by atomic mass is 16.2. The maximum absolute atomic E-state index is 11.6. The number of nitrogens with one attached hydrogen (secondary N) is 1. The van der Waals surface area contributed by atoms with Crippen LogP contribution in [0.5, 0.6) is 0 Å². The first-order valence-corrected chi connectivity index (χ1v) is 5.97. The number of likely N-dealkylation sites (N-methyl/N-ethyl adjacent to an activating group) is 1. The molecule has 4 heteroatoms. The van der Waals surface area contributed by atoms with Crippen LogP contribution in [0.3, 0.4) is 0 Å². The molecule has 0 radical (unpaired) electrons. The van der Waals surface area contributed by atoms with Crippen molar-refractivity contribution in [1.82, 2.24) is 10.2 Å². The smallest absolute Gasteiger partial charge is 0.235 e. The largest absolute Gasteiger partial charge is 0.339 e. The Kier molecular flexibility index (Phi) is 5.27. The van der Waals surface area contributed by atoms with Gasteiger partial charge in [0.25, 0.3) is 0 Å². The summed E-state index contributed by atoms with van der Waals surface area (Å²) in [4.78, 5) is 13.4. The second-order valence-electron chi connectivity index (χ2n) is 4.81. The maximum atomic E-state index is 11.6. The summed E-state index contributed by atoms with van der Waals surface area (Å²) in [6.07, 6.45) is 5.78. The minimum absolute atomic E-state index is 0.0536. The molecule has 0 bridgehead atoms.